The number of benzene rings is 1. The van der Waals surface area contributed by atoms with Gasteiger partial charge in [0.15, 0.2) is 0 Å². The van der Waals surface area contributed by atoms with Crippen LogP contribution in [0.3, 0.4) is 0 Å². The first-order valence-electron chi connectivity index (χ1n) is 3.57. The fraction of sp³-hybridized carbons (Fsp3) is 0.100. The predicted molar refractivity (Wildman–Crippen MR) is 45.0 cm³/mol. The lowest BCUT2D eigenvalue weighted by atomic mass is 10.1. The summed E-state index contributed by atoms with van der Waals surface area (Å²) < 4.78 is 12.9. The van der Waals surface area contributed by atoms with Crippen molar-refractivity contribution in [3.05, 3.63) is 47.8 Å². The van der Waals surface area contributed by atoms with Gasteiger partial charge in [-0.2, -0.15) is 5.26 Å². The quantitative estimate of drug-likeness (QED) is 0.611. The highest BCUT2D eigenvalue weighted by Gasteiger charge is 2.00. The molecule has 0 bridgehead atoms. The normalized spacial score (nSPS) is 9.00. The molecular formula is C10H8FN. The molecule has 1 aromatic rings. The Kier molecular flexibility index (Phi) is 2.60. The zero-order valence-electron chi connectivity index (χ0n) is 6.55. The number of hydrogen-bond donors (Lipinski definition) is 0. The molecule has 0 aliphatic carbocycles. The number of nitriles is 1. The lowest BCUT2D eigenvalue weighted by Crippen LogP contribution is -1.87. The Morgan fingerprint density at radius 3 is 2.83 bits per heavy atom. The highest BCUT2D eigenvalue weighted by Crippen LogP contribution is 2.09. The van der Waals surface area contributed by atoms with E-state index >= 15 is 0 Å². The van der Waals surface area contributed by atoms with E-state index in [4.69, 9.17) is 5.26 Å². The summed E-state index contributed by atoms with van der Waals surface area (Å²) in [5, 5.41) is 8.43. The molecule has 0 atom stereocenters. The smallest absolute Gasteiger partial charge is 0.141 e. The van der Waals surface area contributed by atoms with Crippen molar-refractivity contribution in [1.82, 2.24) is 0 Å². The summed E-state index contributed by atoms with van der Waals surface area (Å²) in [6, 6.07) is 6.33. The monoisotopic (exact) mass is 161 g/mol. The molecular weight excluding hydrogens is 153 g/mol. The molecule has 0 aromatic heterocycles. The van der Waals surface area contributed by atoms with Crippen molar-refractivity contribution in [2.45, 2.75) is 6.42 Å². The van der Waals surface area contributed by atoms with Crippen molar-refractivity contribution in [3.63, 3.8) is 0 Å². The second-order valence-electron chi connectivity index (χ2n) is 2.42. The fourth-order valence-corrected chi connectivity index (χ4v) is 0.943. The van der Waals surface area contributed by atoms with E-state index in [1.54, 1.807) is 18.2 Å². The minimum atomic E-state index is -0.461. The summed E-state index contributed by atoms with van der Waals surface area (Å²) in [4.78, 5) is 0. The van der Waals surface area contributed by atoms with E-state index in [0.717, 1.165) is 5.56 Å². The van der Waals surface area contributed by atoms with Crippen LogP contribution in [0, 0.1) is 17.1 Å². The molecule has 0 spiro atoms. The van der Waals surface area contributed by atoms with Crippen LogP contribution in [-0.4, -0.2) is 0 Å². The van der Waals surface area contributed by atoms with Crippen LogP contribution in [0.4, 0.5) is 4.39 Å². The van der Waals surface area contributed by atoms with Crippen molar-refractivity contribution < 1.29 is 4.39 Å². The van der Waals surface area contributed by atoms with Crippen LogP contribution in [0.15, 0.2) is 30.9 Å². The van der Waals surface area contributed by atoms with E-state index in [1.165, 1.54) is 12.1 Å². The van der Waals surface area contributed by atoms with Gasteiger partial charge in [0.05, 0.1) is 5.56 Å². The van der Waals surface area contributed by atoms with Crippen LogP contribution in [0.2, 0.25) is 0 Å². The van der Waals surface area contributed by atoms with Gasteiger partial charge >= 0.3 is 0 Å². The van der Waals surface area contributed by atoms with Crippen LogP contribution in [0.5, 0.6) is 0 Å². The Morgan fingerprint density at radius 2 is 2.33 bits per heavy atom. The van der Waals surface area contributed by atoms with Crippen LogP contribution in [0.1, 0.15) is 11.1 Å². The third-order valence-corrected chi connectivity index (χ3v) is 1.53. The zero-order chi connectivity index (χ0) is 8.97. The summed E-state index contributed by atoms with van der Waals surface area (Å²) in [6.07, 6.45) is 2.32. The van der Waals surface area contributed by atoms with Crippen LogP contribution in [0.25, 0.3) is 0 Å². The Balaban J connectivity index is 3.03. The van der Waals surface area contributed by atoms with Gasteiger partial charge in [-0.25, -0.2) is 4.39 Å². The number of allylic oxidation sites excluding steroid dienone is 1. The molecule has 1 nitrogen and oxygen atoms in total. The van der Waals surface area contributed by atoms with E-state index < -0.39 is 5.82 Å². The first-order valence-corrected chi connectivity index (χ1v) is 3.57. The molecule has 1 aromatic carbocycles. The standard InChI is InChI=1S/C10H8FN/c1-2-3-8-4-5-9(7-12)10(11)6-8/h2,4-6H,1,3H2. The molecule has 1 rings (SSSR count). The molecule has 0 aliphatic rings. The minimum absolute atomic E-state index is 0.0859. The minimum Gasteiger partial charge on any atom is -0.206 e. The molecule has 0 saturated heterocycles. The summed E-state index contributed by atoms with van der Waals surface area (Å²) >= 11 is 0. The number of hydrogen-bond acceptors (Lipinski definition) is 1. The molecule has 0 amide bonds. The molecule has 2 heteroatoms. The summed E-state index contributed by atoms with van der Waals surface area (Å²) in [5.41, 5.74) is 0.921. The largest absolute Gasteiger partial charge is 0.206 e. The first-order chi connectivity index (χ1) is 5.77. The molecule has 0 aliphatic heterocycles. The highest BCUT2D eigenvalue weighted by atomic mass is 19.1. The van der Waals surface area contributed by atoms with Gasteiger partial charge in [0.1, 0.15) is 11.9 Å². The summed E-state index contributed by atoms with van der Waals surface area (Å²) in [5.74, 6) is -0.461. The van der Waals surface area contributed by atoms with Gasteiger partial charge < -0.3 is 0 Å². The van der Waals surface area contributed by atoms with Gasteiger partial charge in [-0.3, -0.25) is 0 Å². The molecule has 0 heterocycles. The average Bonchev–Trinajstić information content (AvgIpc) is 2.05. The first kappa shape index (κ1) is 8.48. The molecule has 0 unspecified atom stereocenters. The molecule has 0 saturated carbocycles. The van der Waals surface area contributed by atoms with E-state index in [2.05, 4.69) is 6.58 Å². The van der Waals surface area contributed by atoms with Gasteiger partial charge in [-0.05, 0) is 24.1 Å². The van der Waals surface area contributed by atoms with Crippen molar-refractivity contribution in [2.24, 2.45) is 0 Å². The second kappa shape index (κ2) is 3.68. The Labute approximate surface area is 70.8 Å². The predicted octanol–water partition coefficient (Wildman–Crippen LogP) is 2.43. The highest BCUT2D eigenvalue weighted by molar-refractivity contribution is 5.33. The Morgan fingerprint density at radius 1 is 1.58 bits per heavy atom. The maximum Gasteiger partial charge on any atom is 0.141 e. The van der Waals surface area contributed by atoms with Crippen molar-refractivity contribution in [2.75, 3.05) is 0 Å². The van der Waals surface area contributed by atoms with E-state index in [1.807, 2.05) is 0 Å². The van der Waals surface area contributed by atoms with E-state index in [0.29, 0.717) is 6.42 Å². The SMILES string of the molecule is C=CCc1ccc(C#N)c(F)c1. The topological polar surface area (TPSA) is 23.8 Å². The third kappa shape index (κ3) is 1.70. The molecule has 0 N–H and O–H groups in total. The molecule has 0 radical (unpaired) electrons. The maximum atomic E-state index is 12.9. The average molecular weight is 161 g/mol. The lowest BCUT2D eigenvalue weighted by Gasteiger charge is -1.97. The van der Waals surface area contributed by atoms with Crippen LogP contribution < -0.4 is 0 Å². The Hall–Kier alpha value is -1.62. The van der Waals surface area contributed by atoms with Gasteiger partial charge in [-0.1, -0.05) is 12.1 Å². The van der Waals surface area contributed by atoms with Crippen molar-refractivity contribution >= 4 is 0 Å². The Bertz CT molecular complexity index is 336. The van der Waals surface area contributed by atoms with Crippen molar-refractivity contribution in [3.8, 4) is 6.07 Å². The third-order valence-electron chi connectivity index (χ3n) is 1.53. The number of nitrogens with zero attached hydrogens (tertiary/aromatic N) is 1. The van der Waals surface area contributed by atoms with Gasteiger partial charge in [0, 0.05) is 0 Å². The summed E-state index contributed by atoms with van der Waals surface area (Å²) in [7, 11) is 0. The van der Waals surface area contributed by atoms with Crippen molar-refractivity contribution in [1.29, 1.82) is 5.26 Å². The zero-order valence-corrected chi connectivity index (χ0v) is 6.55. The van der Waals surface area contributed by atoms with Crippen LogP contribution >= 0.6 is 0 Å². The van der Waals surface area contributed by atoms with Crippen LogP contribution in [-0.2, 0) is 6.42 Å². The van der Waals surface area contributed by atoms with E-state index in [9.17, 15) is 4.39 Å². The van der Waals surface area contributed by atoms with Gasteiger partial charge in [0.2, 0.25) is 0 Å². The van der Waals surface area contributed by atoms with Gasteiger partial charge in [-0.15, -0.1) is 6.58 Å². The summed E-state index contributed by atoms with van der Waals surface area (Å²) in [6.45, 7) is 3.54. The van der Waals surface area contributed by atoms with Gasteiger partial charge in [0.25, 0.3) is 0 Å². The van der Waals surface area contributed by atoms with E-state index in [-0.39, 0.29) is 5.56 Å². The maximum absolute atomic E-state index is 12.9. The molecule has 60 valence electrons. The second-order valence-corrected chi connectivity index (χ2v) is 2.42. The number of rotatable bonds is 2. The lowest BCUT2D eigenvalue weighted by molar-refractivity contribution is 0.622. The fourth-order valence-electron chi connectivity index (χ4n) is 0.943. The molecule has 12 heavy (non-hydrogen) atoms. The number of halogens is 1. The molecule has 0 fully saturated rings.